The minimum atomic E-state index is -1.14. The van der Waals surface area contributed by atoms with Crippen LogP contribution in [-0.2, 0) is 20.7 Å². The fourth-order valence-electron chi connectivity index (χ4n) is 1.41. The number of esters is 2. The van der Waals surface area contributed by atoms with Crippen molar-refractivity contribution in [2.24, 2.45) is 0 Å². The number of ether oxygens (including phenoxy) is 2. The molecule has 0 atom stereocenters. The molecule has 1 aromatic rings. The lowest BCUT2D eigenvalue weighted by molar-refractivity contribution is -0.139. The third-order valence-corrected chi connectivity index (χ3v) is 2.32. The highest BCUT2D eigenvalue weighted by molar-refractivity contribution is 5.95. The van der Waals surface area contributed by atoms with E-state index in [1.54, 1.807) is 0 Å². The molecule has 0 amide bonds. The van der Waals surface area contributed by atoms with Gasteiger partial charge in [0.25, 0.3) is 0 Å². The van der Waals surface area contributed by atoms with Crippen LogP contribution in [0.3, 0.4) is 0 Å². The van der Waals surface area contributed by atoms with Gasteiger partial charge in [-0.25, -0.2) is 9.59 Å². The lowest BCUT2D eigenvalue weighted by Crippen LogP contribution is -2.12. The standard InChI is InChI=1S/C12H12O6/c1-17-10(13)6-8-5-7(11(14)15)3-4-9(8)12(16)18-2/h3-5H,6H2,1-2H3,(H,14,15). The van der Waals surface area contributed by atoms with Crippen LogP contribution in [0.25, 0.3) is 0 Å². The third-order valence-electron chi connectivity index (χ3n) is 2.32. The molecule has 0 unspecified atom stereocenters. The predicted octanol–water partition coefficient (Wildman–Crippen LogP) is 0.887. The highest BCUT2D eigenvalue weighted by Crippen LogP contribution is 2.15. The molecule has 1 aromatic carbocycles. The first-order valence-electron chi connectivity index (χ1n) is 5.01. The third kappa shape index (κ3) is 3.07. The van der Waals surface area contributed by atoms with Crippen LogP contribution in [-0.4, -0.2) is 37.2 Å². The second kappa shape index (κ2) is 5.81. The number of hydrogen-bond acceptors (Lipinski definition) is 5. The van der Waals surface area contributed by atoms with E-state index >= 15 is 0 Å². The Morgan fingerprint density at radius 1 is 1.17 bits per heavy atom. The summed E-state index contributed by atoms with van der Waals surface area (Å²) in [6.07, 6.45) is -0.192. The van der Waals surface area contributed by atoms with Crippen molar-refractivity contribution in [1.82, 2.24) is 0 Å². The highest BCUT2D eigenvalue weighted by Gasteiger charge is 2.17. The lowest BCUT2D eigenvalue weighted by Gasteiger charge is -2.08. The number of benzene rings is 1. The quantitative estimate of drug-likeness (QED) is 0.800. The van der Waals surface area contributed by atoms with Crippen molar-refractivity contribution in [1.29, 1.82) is 0 Å². The molecule has 1 N–H and O–H groups in total. The maximum atomic E-state index is 11.5. The van der Waals surface area contributed by atoms with Gasteiger partial charge in [0.15, 0.2) is 0 Å². The summed E-state index contributed by atoms with van der Waals surface area (Å²) in [6, 6.07) is 3.84. The first-order valence-corrected chi connectivity index (χ1v) is 5.01. The zero-order valence-electron chi connectivity index (χ0n) is 9.93. The fourth-order valence-corrected chi connectivity index (χ4v) is 1.41. The van der Waals surface area contributed by atoms with Crippen molar-refractivity contribution < 1.29 is 29.0 Å². The number of rotatable bonds is 4. The highest BCUT2D eigenvalue weighted by atomic mass is 16.5. The van der Waals surface area contributed by atoms with Gasteiger partial charge >= 0.3 is 17.9 Å². The van der Waals surface area contributed by atoms with E-state index in [1.807, 2.05) is 0 Å². The van der Waals surface area contributed by atoms with Crippen LogP contribution in [0.4, 0.5) is 0 Å². The summed E-state index contributed by atoms with van der Waals surface area (Å²) in [5, 5.41) is 8.85. The number of carboxylic acid groups (broad SMARTS) is 1. The number of carboxylic acids is 1. The van der Waals surface area contributed by atoms with E-state index in [4.69, 9.17) is 5.11 Å². The Morgan fingerprint density at radius 2 is 1.83 bits per heavy atom. The molecular formula is C12H12O6. The van der Waals surface area contributed by atoms with Gasteiger partial charge in [-0.2, -0.15) is 0 Å². The van der Waals surface area contributed by atoms with Crippen LogP contribution in [0.2, 0.25) is 0 Å². The molecule has 0 radical (unpaired) electrons. The molecule has 18 heavy (non-hydrogen) atoms. The molecule has 1 rings (SSSR count). The summed E-state index contributed by atoms with van der Waals surface area (Å²) in [4.78, 5) is 33.5. The Morgan fingerprint density at radius 3 is 2.33 bits per heavy atom. The number of carbonyl (C=O) groups excluding carboxylic acids is 2. The maximum Gasteiger partial charge on any atom is 0.338 e. The Balaban J connectivity index is 3.21. The van der Waals surface area contributed by atoms with E-state index < -0.39 is 17.9 Å². The van der Waals surface area contributed by atoms with Gasteiger partial charge in [0, 0.05) is 0 Å². The molecule has 0 fully saturated rings. The minimum Gasteiger partial charge on any atom is -0.478 e. The summed E-state index contributed by atoms with van der Waals surface area (Å²) in [5.41, 5.74) is 0.392. The second-order valence-corrected chi connectivity index (χ2v) is 3.42. The summed E-state index contributed by atoms with van der Waals surface area (Å²) in [5.74, 6) is -2.34. The Bertz CT molecular complexity index is 491. The summed E-state index contributed by atoms with van der Waals surface area (Å²) >= 11 is 0. The average Bonchev–Trinajstić information content (AvgIpc) is 2.37. The number of aromatic carboxylic acids is 1. The van der Waals surface area contributed by atoms with E-state index in [2.05, 4.69) is 9.47 Å². The van der Waals surface area contributed by atoms with Crippen molar-refractivity contribution in [3.63, 3.8) is 0 Å². The topological polar surface area (TPSA) is 89.9 Å². The molecule has 0 heterocycles. The Kier molecular flexibility index (Phi) is 4.42. The van der Waals surface area contributed by atoms with Crippen LogP contribution >= 0.6 is 0 Å². The van der Waals surface area contributed by atoms with Gasteiger partial charge in [0.2, 0.25) is 0 Å². The molecule has 0 aliphatic heterocycles. The van der Waals surface area contributed by atoms with Gasteiger partial charge in [0.1, 0.15) is 0 Å². The molecule has 0 saturated carbocycles. The first-order chi connectivity index (χ1) is 8.49. The summed E-state index contributed by atoms with van der Waals surface area (Å²) in [7, 11) is 2.41. The molecule has 96 valence electrons. The van der Waals surface area contributed by atoms with Crippen molar-refractivity contribution in [2.75, 3.05) is 14.2 Å². The SMILES string of the molecule is COC(=O)Cc1cc(C(=O)O)ccc1C(=O)OC. The van der Waals surface area contributed by atoms with Gasteiger partial charge in [-0.15, -0.1) is 0 Å². The first kappa shape index (κ1) is 13.7. The van der Waals surface area contributed by atoms with E-state index in [0.717, 1.165) is 0 Å². The minimum absolute atomic E-state index is 0.0124. The predicted molar refractivity (Wildman–Crippen MR) is 60.5 cm³/mol. The monoisotopic (exact) mass is 252 g/mol. The van der Waals surface area contributed by atoms with Crippen LogP contribution in [0, 0.1) is 0 Å². The van der Waals surface area contributed by atoms with Crippen LogP contribution in [0.5, 0.6) is 0 Å². The van der Waals surface area contributed by atoms with Crippen molar-refractivity contribution in [3.05, 3.63) is 34.9 Å². The zero-order chi connectivity index (χ0) is 13.7. The molecule has 0 bridgehead atoms. The van der Waals surface area contributed by atoms with Crippen LogP contribution in [0.15, 0.2) is 18.2 Å². The number of hydrogen-bond donors (Lipinski definition) is 1. The zero-order valence-corrected chi connectivity index (χ0v) is 9.93. The van der Waals surface area contributed by atoms with Crippen molar-refractivity contribution in [3.8, 4) is 0 Å². The molecule has 0 saturated heterocycles. The van der Waals surface area contributed by atoms with Gasteiger partial charge < -0.3 is 14.6 Å². The maximum absolute atomic E-state index is 11.5. The Hall–Kier alpha value is -2.37. The lowest BCUT2D eigenvalue weighted by atomic mass is 10.0. The molecule has 6 nitrogen and oxygen atoms in total. The van der Waals surface area contributed by atoms with Crippen molar-refractivity contribution >= 4 is 17.9 Å². The molecule has 6 heteroatoms. The van der Waals surface area contributed by atoms with Crippen LogP contribution in [0.1, 0.15) is 26.3 Å². The molecule has 0 aromatic heterocycles. The van der Waals surface area contributed by atoms with Gasteiger partial charge in [-0.05, 0) is 23.8 Å². The number of methoxy groups -OCH3 is 2. The molecule has 0 aliphatic rings. The second-order valence-electron chi connectivity index (χ2n) is 3.42. The summed E-state index contributed by atoms with van der Waals surface area (Å²) in [6.45, 7) is 0. The van der Waals surface area contributed by atoms with E-state index in [1.165, 1.54) is 32.4 Å². The van der Waals surface area contributed by atoms with E-state index in [0.29, 0.717) is 0 Å². The molecular weight excluding hydrogens is 240 g/mol. The van der Waals surface area contributed by atoms with Gasteiger partial charge in [0.05, 0.1) is 31.8 Å². The van der Waals surface area contributed by atoms with Crippen LogP contribution < -0.4 is 0 Å². The normalized spacial score (nSPS) is 9.67. The van der Waals surface area contributed by atoms with E-state index in [9.17, 15) is 14.4 Å². The van der Waals surface area contributed by atoms with Crippen molar-refractivity contribution in [2.45, 2.75) is 6.42 Å². The number of carbonyl (C=O) groups is 3. The van der Waals surface area contributed by atoms with Gasteiger partial charge in [-0.1, -0.05) is 0 Å². The summed E-state index contributed by atoms with van der Waals surface area (Å²) < 4.78 is 9.04. The fraction of sp³-hybridized carbons (Fsp3) is 0.250. The molecule has 0 aliphatic carbocycles. The average molecular weight is 252 g/mol. The largest absolute Gasteiger partial charge is 0.478 e. The van der Waals surface area contributed by atoms with Gasteiger partial charge in [-0.3, -0.25) is 4.79 Å². The van der Waals surface area contributed by atoms with E-state index in [-0.39, 0.29) is 23.1 Å². The smallest absolute Gasteiger partial charge is 0.338 e. The molecule has 0 spiro atoms. The Labute approximate surface area is 103 Å².